The largest absolute Gasteiger partial charge is 0.330 e. The van der Waals surface area contributed by atoms with Gasteiger partial charge in [-0.3, -0.25) is 11.3 Å². The molecular weight excluding hydrogens is 186 g/mol. The van der Waals surface area contributed by atoms with Crippen molar-refractivity contribution in [3.05, 3.63) is 0 Å². The molecule has 0 aromatic rings. The van der Waals surface area contributed by atoms with Crippen LogP contribution in [-0.2, 0) is 0 Å². The lowest BCUT2D eigenvalue weighted by atomic mass is 10.1. The lowest BCUT2D eigenvalue weighted by Gasteiger charge is -2.02. The summed E-state index contributed by atoms with van der Waals surface area (Å²) in [6.45, 7) is 1.81. The standard InChI is InChI=1S/C12H29N3/c13-11-9-7-5-3-1-2-4-6-8-10-12-15-14/h15H,1-14H2. The maximum atomic E-state index is 5.43. The molecule has 5 N–H and O–H groups in total. The van der Waals surface area contributed by atoms with Gasteiger partial charge in [-0.05, 0) is 19.4 Å². The van der Waals surface area contributed by atoms with Gasteiger partial charge in [0.2, 0.25) is 0 Å². The number of nitrogens with two attached hydrogens (primary N) is 2. The van der Waals surface area contributed by atoms with Crippen molar-refractivity contribution < 1.29 is 0 Å². The molecule has 0 aliphatic carbocycles. The SMILES string of the molecule is NCCCCCCCCCCCCNN. The van der Waals surface area contributed by atoms with Crippen molar-refractivity contribution in [2.75, 3.05) is 13.1 Å². The zero-order valence-electron chi connectivity index (χ0n) is 10.1. The summed E-state index contributed by atoms with van der Waals surface area (Å²) in [6.07, 6.45) is 13.4. The van der Waals surface area contributed by atoms with Crippen molar-refractivity contribution in [3.8, 4) is 0 Å². The molecule has 15 heavy (non-hydrogen) atoms. The highest BCUT2D eigenvalue weighted by Gasteiger charge is 1.92. The Morgan fingerprint density at radius 1 is 0.600 bits per heavy atom. The quantitative estimate of drug-likeness (QED) is 0.266. The molecule has 0 fully saturated rings. The van der Waals surface area contributed by atoms with Crippen LogP contribution in [0, 0.1) is 0 Å². The third kappa shape index (κ3) is 13.9. The minimum Gasteiger partial charge on any atom is -0.330 e. The lowest BCUT2D eigenvalue weighted by molar-refractivity contribution is 0.544. The van der Waals surface area contributed by atoms with Crippen molar-refractivity contribution in [3.63, 3.8) is 0 Å². The van der Waals surface area contributed by atoms with Crippen LogP contribution >= 0.6 is 0 Å². The predicted octanol–water partition coefficient (Wildman–Crippen LogP) is 2.31. The fraction of sp³-hybridized carbons (Fsp3) is 1.00. The van der Waals surface area contributed by atoms with Crippen LogP contribution in [0.4, 0.5) is 0 Å². The number of hydrogen-bond acceptors (Lipinski definition) is 3. The van der Waals surface area contributed by atoms with Gasteiger partial charge in [-0.25, -0.2) is 0 Å². The third-order valence-electron chi connectivity index (χ3n) is 2.78. The van der Waals surface area contributed by atoms with Gasteiger partial charge < -0.3 is 5.73 Å². The molecule has 92 valence electrons. The highest BCUT2D eigenvalue weighted by molar-refractivity contribution is 4.48. The minimum atomic E-state index is 0.856. The maximum absolute atomic E-state index is 5.43. The van der Waals surface area contributed by atoms with Gasteiger partial charge >= 0.3 is 0 Å². The Hall–Kier alpha value is -0.120. The van der Waals surface area contributed by atoms with Crippen molar-refractivity contribution in [2.45, 2.75) is 64.2 Å². The van der Waals surface area contributed by atoms with Crippen molar-refractivity contribution >= 4 is 0 Å². The molecule has 0 aliphatic rings. The molecule has 0 aromatic carbocycles. The summed E-state index contributed by atoms with van der Waals surface area (Å²) in [5, 5.41) is 0. The Labute approximate surface area is 95.0 Å². The van der Waals surface area contributed by atoms with Gasteiger partial charge in [0, 0.05) is 6.54 Å². The molecule has 0 unspecified atom stereocenters. The first-order valence-electron chi connectivity index (χ1n) is 6.55. The van der Waals surface area contributed by atoms with Gasteiger partial charge in [0.15, 0.2) is 0 Å². The lowest BCUT2D eigenvalue weighted by Crippen LogP contribution is -2.22. The van der Waals surface area contributed by atoms with Crippen LogP contribution in [0.5, 0.6) is 0 Å². The molecule has 0 atom stereocenters. The van der Waals surface area contributed by atoms with Crippen LogP contribution < -0.4 is 17.0 Å². The van der Waals surface area contributed by atoms with E-state index in [-0.39, 0.29) is 0 Å². The number of nitrogens with one attached hydrogen (secondary N) is 1. The first kappa shape index (κ1) is 14.9. The second-order valence-electron chi connectivity index (χ2n) is 4.28. The zero-order chi connectivity index (χ0) is 11.2. The first-order chi connectivity index (χ1) is 7.41. The second kappa shape index (κ2) is 13.9. The summed E-state index contributed by atoms with van der Waals surface area (Å²) in [7, 11) is 0. The van der Waals surface area contributed by atoms with E-state index >= 15 is 0 Å². The van der Waals surface area contributed by atoms with E-state index in [1.807, 2.05) is 0 Å². The van der Waals surface area contributed by atoms with Gasteiger partial charge in [-0.1, -0.05) is 51.4 Å². The average Bonchev–Trinajstić information content (AvgIpc) is 2.26. The molecule has 0 aliphatic heterocycles. The van der Waals surface area contributed by atoms with Crippen LogP contribution in [0.3, 0.4) is 0 Å². The van der Waals surface area contributed by atoms with Gasteiger partial charge in [-0.2, -0.15) is 0 Å². The van der Waals surface area contributed by atoms with E-state index in [1.165, 1.54) is 64.2 Å². The fourth-order valence-corrected chi connectivity index (χ4v) is 1.79. The van der Waals surface area contributed by atoms with Crippen LogP contribution in [0.1, 0.15) is 64.2 Å². The van der Waals surface area contributed by atoms with Gasteiger partial charge in [0.05, 0.1) is 0 Å². The maximum Gasteiger partial charge on any atom is 0.00974 e. The van der Waals surface area contributed by atoms with E-state index in [9.17, 15) is 0 Å². The third-order valence-corrected chi connectivity index (χ3v) is 2.78. The molecule has 0 amide bonds. The van der Waals surface area contributed by atoms with E-state index in [1.54, 1.807) is 0 Å². The summed E-state index contributed by atoms with van der Waals surface area (Å²) in [5.41, 5.74) is 8.12. The first-order valence-corrected chi connectivity index (χ1v) is 6.55. The molecule has 0 rings (SSSR count). The highest BCUT2D eigenvalue weighted by Crippen LogP contribution is 2.09. The van der Waals surface area contributed by atoms with Crippen LogP contribution in [0.15, 0.2) is 0 Å². The summed E-state index contributed by atoms with van der Waals surface area (Å²) >= 11 is 0. The molecule has 3 nitrogen and oxygen atoms in total. The van der Waals surface area contributed by atoms with E-state index < -0.39 is 0 Å². The van der Waals surface area contributed by atoms with Gasteiger partial charge in [0.1, 0.15) is 0 Å². The molecule has 0 spiro atoms. The Balaban J connectivity index is 2.81. The highest BCUT2D eigenvalue weighted by atomic mass is 15.2. The predicted molar refractivity (Wildman–Crippen MR) is 67.4 cm³/mol. The minimum absolute atomic E-state index is 0.856. The van der Waals surface area contributed by atoms with E-state index in [4.69, 9.17) is 11.6 Å². The fourth-order valence-electron chi connectivity index (χ4n) is 1.79. The van der Waals surface area contributed by atoms with Gasteiger partial charge in [-0.15, -0.1) is 0 Å². The molecule has 0 heterocycles. The molecule has 0 radical (unpaired) electrons. The number of unbranched alkanes of at least 4 members (excludes halogenated alkanes) is 9. The normalized spacial score (nSPS) is 10.8. The molecule has 0 saturated heterocycles. The summed E-state index contributed by atoms with van der Waals surface area (Å²) in [4.78, 5) is 0. The number of hydrazine groups is 1. The van der Waals surface area contributed by atoms with E-state index in [2.05, 4.69) is 5.43 Å². The molecule has 0 bridgehead atoms. The summed E-state index contributed by atoms with van der Waals surface area (Å²) in [5.74, 6) is 5.19. The van der Waals surface area contributed by atoms with Crippen molar-refractivity contribution in [1.29, 1.82) is 0 Å². The van der Waals surface area contributed by atoms with Crippen LogP contribution in [0.25, 0.3) is 0 Å². The molecule has 3 heteroatoms. The van der Waals surface area contributed by atoms with E-state index in [0.717, 1.165) is 13.1 Å². The smallest absolute Gasteiger partial charge is 0.00974 e. The second-order valence-corrected chi connectivity index (χ2v) is 4.28. The molecular formula is C12H29N3. The van der Waals surface area contributed by atoms with Gasteiger partial charge in [0.25, 0.3) is 0 Å². The van der Waals surface area contributed by atoms with Crippen molar-refractivity contribution in [1.82, 2.24) is 5.43 Å². The zero-order valence-corrected chi connectivity index (χ0v) is 10.1. The monoisotopic (exact) mass is 215 g/mol. The number of rotatable bonds is 12. The summed E-state index contributed by atoms with van der Waals surface area (Å²) < 4.78 is 0. The Bertz CT molecular complexity index is 95.0. The number of hydrogen-bond donors (Lipinski definition) is 3. The Kier molecular flexibility index (Phi) is 13.8. The van der Waals surface area contributed by atoms with E-state index in [0.29, 0.717) is 0 Å². The average molecular weight is 215 g/mol. The van der Waals surface area contributed by atoms with Crippen LogP contribution in [0.2, 0.25) is 0 Å². The molecule has 0 saturated carbocycles. The Morgan fingerprint density at radius 3 is 1.40 bits per heavy atom. The Morgan fingerprint density at radius 2 is 1.00 bits per heavy atom. The summed E-state index contributed by atoms with van der Waals surface area (Å²) in [6, 6.07) is 0. The van der Waals surface area contributed by atoms with Crippen molar-refractivity contribution in [2.24, 2.45) is 11.6 Å². The molecule has 0 aromatic heterocycles. The topological polar surface area (TPSA) is 64.1 Å². The van der Waals surface area contributed by atoms with Crippen LogP contribution in [-0.4, -0.2) is 13.1 Å².